The molecule has 0 saturated heterocycles. The molecule has 162 valence electrons. The first-order chi connectivity index (χ1) is 14.6. The van der Waals surface area contributed by atoms with Gasteiger partial charge in [0.25, 0.3) is 5.91 Å². The molecule has 1 atom stereocenters. The number of methoxy groups -OCH3 is 1. The lowest BCUT2D eigenvalue weighted by molar-refractivity contribution is -0.137. The summed E-state index contributed by atoms with van der Waals surface area (Å²) in [5.41, 5.74) is 0.189. The number of carbonyl (C=O) groups excluding carboxylic acids is 3. The molecular formula is C21H18F3N3O4. The summed E-state index contributed by atoms with van der Waals surface area (Å²) in [7, 11) is 1.24. The quantitative estimate of drug-likeness (QED) is 0.640. The number of amides is 3. The molecule has 0 aliphatic carbocycles. The molecule has 2 aromatic rings. The lowest BCUT2D eigenvalue weighted by Gasteiger charge is -2.28. The molecule has 0 unspecified atom stereocenters. The van der Waals surface area contributed by atoms with Gasteiger partial charge in [0.05, 0.1) is 29.9 Å². The molecule has 10 heteroatoms. The minimum absolute atomic E-state index is 0.0446. The van der Waals surface area contributed by atoms with Crippen molar-refractivity contribution >= 4 is 23.6 Å². The predicted molar refractivity (Wildman–Crippen MR) is 105 cm³/mol. The molecule has 31 heavy (non-hydrogen) atoms. The van der Waals surface area contributed by atoms with Crippen molar-refractivity contribution in [3.63, 3.8) is 0 Å². The SMILES string of the molecule is COC(=O)c1ccc([C@H]2NC(=O)NC(C)=C2C(=O)Nc2cccc(C(F)(F)F)c2)cc1. The lowest BCUT2D eigenvalue weighted by Crippen LogP contribution is -2.46. The Labute approximate surface area is 175 Å². The van der Waals surface area contributed by atoms with E-state index in [4.69, 9.17) is 0 Å². The van der Waals surface area contributed by atoms with E-state index in [1.807, 2.05) is 0 Å². The number of alkyl halides is 3. The van der Waals surface area contributed by atoms with Crippen LogP contribution in [0.15, 0.2) is 59.8 Å². The molecule has 1 aliphatic rings. The summed E-state index contributed by atoms with van der Waals surface area (Å²) in [6, 6.07) is 8.86. The molecule has 0 spiro atoms. The van der Waals surface area contributed by atoms with Crippen molar-refractivity contribution in [3.8, 4) is 0 Å². The number of hydrogen-bond acceptors (Lipinski definition) is 4. The Balaban J connectivity index is 1.91. The van der Waals surface area contributed by atoms with Crippen molar-refractivity contribution in [3.05, 3.63) is 76.5 Å². The number of ether oxygens (including phenoxy) is 1. The average Bonchev–Trinajstić information content (AvgIpc) is 2.72. The van der Waals surface area contributed by atoms with E-state index in [9.17, 15) is 27.6 Å². The number of carbonyl (C=O) groups is 3. The molecule has 7 nitrogen and oxygen atoms in total. The summed E-state index contributed by atoms with van der Waals surface area (Å²) in [5, 5.41) is 7.54. The zero-order valence-corrected chi connectivity index (χ0v) is 16.5. The first kappa shape index (κ1) is 21.9. The van der Waals surface area contributed by atoms with Crippen LogP contribution in [-0.4, -0.2) is 25.0 Å². The third-order valence-corrected chi connectivity index (χ3v) is 4.63. The van der Waals surface area contributed by atoms with Crippen LogP contribution >= 0.6 is 0 Å². The number of esters is 1. The fraction of sp³-hybridized carbons (Fsp3) is 0.190. The van der Waals surface area contributed by atoms with Gasteiger partial charge in [-0.15, -0.1) is 0 Å². The zero-order valence-electron chi connectivity index (χ0n) is 16.5. The average molecular weight is 433 g/mol. The molecule has 0 bridgehead atoms. The van der Waals surface area contributed by atoms with Gasteiger partial charge in [-0.3, -0.25) is 4.79 Å². The Morgan fingerprint density at radius 3 is 2.39 bits per heavy atom. The van der Waals surface area contributed by atoms with E-state index < -0.39 is 35.7 Å². The molecule has 3 N–H and O–H groups in total. The van der Waals surface area contributed by atoms with Crippen LogP contribution in [0.1, 0.15) is 34.5 Å². The van der Waals surface area contributed by atoms with Gasteiger partial charge in [0, 0.05) is 11.4 Å². The number of rotatable bonds is 4. The fourth-order valence-corrected chi connectivity index (χ4v) is 3.15. The van der Waals surface area contributed by atoms with Crippen LogP contribution in [0, 0.1) is 0 Å². The van der Waals surface area contributed by atoms with Gasteiger partial charge >= 0.3 is 18.2 Å². The van der Waals surface area contributed by atoms with Crippen LogP contribution in [0.2, 0.25) is 0 Å². The number of anilines is 1. The normalized spacial score (nSPS) is 16.3. The van der Waals surface area contributed by atoms with Crippen molar-refractivity contribution in [1.82, 2.24) is 10.6 Å². The maximum atomic E-state index is 13.0. The number of urea groups is 1. The minimum atomic E-state index is -4.56. The lowest BCUT2D eigenvalue weighted by atomic mass is 9.94. The second-order valence-corrected chi connectivity index (χ2v) is 6.72. The molecule has 0 radical (unpaired) electrons. The fourth-order valence-electron chi connectivity index (χ4n) is 3.15. The second-order valence-electron chi connectivity index (χ2n) is 6.72. The van der Waals surface area contributed by atoms with E-state index in [1.54, 1.807) is 12.1 Å². The maximum Gasteiger partial charge on any atom is 0.416 e. The largest absolute Gasteiger partial charge is 0.465 e. The van der Waals surface area contributed by atoms with Crippen LogP contribution in [0.5, 0.6) is 0 Å². The first-order valence-corrected chi connectivity index (χ1v) is 9.05. The monoisotopic (exact) mass is 433 g/mol. The summed E-state index contributed by atoms with van der Waals surface area (Å²) in [4.78, 5) is 36.5. The highest BCUT2D eigenvalue weighted by molar-refractivity contribution is 6.06. The predicted octanol–water partition coefficient (Wildman–Crippen LogP) is 3.76. The molecule has 1 heterocycles. The molecule has 2 aromatic carbocycles. The van der Waals surface area contributed by atoms with Gasteiger partial charge < -0.3 is 20.7 Å². The van der Waals surface area contributed by atoms with E-state index in [2.05, 4.69) is 20.7 Å². The van der Waals surface area contributed by atoms with Gasteiger partial charge in [-0.25, -0.2) is 9.59 Å². The van der Waals surface area contributed by atoms with E-state index in [0.29, 0.717) is 5.56 Å². The highest BCUT2D eigenvalue weighted by Crippen LogP contribution is 2.32. The first-order valence-electron chi connectivity index (χ1n) is 9.05. The van der Waals surface area contributed by atoms with Crippen molar-refractivity contribution < 1.29 is 32.3 Å². The van der Waals surface area contributed by atoms with Crippen LogP contribution in [0.3, 0.4) is 0 Å². The van der Waals surface area contributed by atoms with Gasteiger partial charge in [0.1, 0.15) is 0 Å². The van der Waals surface area contributed by atoms with Crippen molar-refractivity contribution in [1.29, 1.82) is 0 Å². The standard InChI is InChI=1S/C21H18F3N3O4/c1-11-16(18(28)26-15-5-3-4-14(10-15)21(22,23)24)17(27-20(30)25-11)12-6-8-13(9-7-12)19(29)31-2/h3-10,17H,1-2H3,(H,26,28)(H2,25,27,30)/t17-/m1/s1. The van der Waals surface area contributed by atoms with Crippen LogP contribution < -0.4 is 16.0 Å². The van der Waals surface area contributed by atoms with Gasteiger partial charge in [-0.1, -0.05) is 18.2 Å². The zero-order chi connectivity index (χ0) is 22.8. The molecule has 3 amide bonds. The van der Waals surface area contributed by atoms with Crippen molar-refractivity contribution in [2.75, 3.05) is 12.4 Å². The number of halogens is 3. The molecular weight excluding hydrogens is 415 g/mol. The van der Waals surface area contributed by atoms with Crippen molar-refractivity contribution in [2.45, 2.75) is 19.1 Å². The Kier molecular flexibility index (Phi) is 6.00. The van der Waals surface area contributed by atoms with Crippen molar-refractivity contribution in [2.24, 2.45) is 0 Å². The molecule has 1 aliphatic heterocycles. The van der Waals surface area contributed by atoms with Gasteiger partial charge in [-0.05, 0) is 42.8 Å². The number of nitrogens with one attached hydrogen (secondary N) is 3. The van der Waals surface area contributed by atoms with Crippen LogP contribution in [0.4, 0.5) is 23.7 Å². The molecule has 0 saturated carbocycles. The molecule has 3 rings (SSSR count). The Hall–Kier alpha value is -3.82. The van der Waals surface area contributed by atoms with Gasteiger partial charge in [0.15, 0.2) is 0 Å². The van der Waals surface area contributed by atoms with Gasteiger partial charge in [-0.2, -0.15) is 13.2 Å². The Morgan fingerprint density at radius 1 is 1.10 bits per heavy atom. The van der Waals surface area contributed by atoms with E-state index in [-0.39, 0.29) is 22.5 Å². The third kappa shape index (κ3) is 4.85. The minimum Gasteiger partial charge on any atom is -0.465 e. The molecule has 0 aromatic heterocycles. The summed E-state index contributed by atoms with van der Waals surface area (Å²) in [6.45, 7) is 1.51. The third-order valence-electron chi connectivity index (χ3n) is 4.63. The Bertz CT molecular complexity index is 1060. The summed E-state index contributed by atoms with van der Waals surface area (Å²) >= 11 is 0. The summed E-state index contributed by atoms with van der Waals surface area (Å²) in [5.74, 6) is -1.23. The highest BCUT2D eigenvalue weighted by Gasteiger charge is 2.33. The Morgan fingerprint density at radius 2 is 1.77 bits per heavy atom. The molecule has 0 fully saturated rings. The van der Waals surface area contributed by atoms with E-state index >= 15 is 0 Å². The van der Waals surface area contributed by atoms with Crippen LogP contribution in [0.25, 0.3) is 0 Å². The smallest absolute Gasteiger partial charge is 0.416 e. The number of allylic oxidation sites excluding steroid dienone is 1. The highest BCUT2D eigenvalue weighted by atomic mass is 19.4. The maximum absolute atomic E-state index is 13.0. The second kappa shape index (κ2) is 8.50. The topological polar surface area (TPSA) is 96.5 Å². The van der Waals surface area contributed by atoms with E-state index in [0.717, 1.165) is 12.1 Å². The number of benzene rings is 2. The number of hydrogen-bond donors (Lipinski definition) is 3. The van der Waals surface area contributed by atoms with E-state index in [1.165, 1.54) is 38.3 Å². The summed E-state index contributed by atoms with van der Waals surface area (Å²) < 4.78 is 43.5. The van der Waals surface area contributed by atoms with Gasteiger partial charge in [0.2, 0.25) is 0 Å². The summed E-state index contributed by atoms with van der Waals surface area (Å²) in [6.07, 6.45) is -4.56. The van der Waals surface area contributed by atoms with Crippen LogP contribution in [-0.2, 0) is 15.7 Å².